The van der Waals surface area contributed by atoms with Crippen LogP contribution in [0.5, 0.6) is 11.5 Å². The van der Waals surface area contributed by atoms with E-state index in [2.05, 4.69) is 24.1 Å². The minimum atomic E-state index is -0.567. The number of hydrogen-bond acceptors (Lipinski definition) is 5. The molecule has 1 aliphatic heterocycles. The van der Waals surface area contributed by atoms with E-state index in [1.54, 1.807) is 18.3 Å². The quantitative estimate of drug-likeness (QED) is 0.580. The molecule has 1 unspecified atom stereocenters. The van der Waals surface area contributed by atoms with Gasteiger partial charge in [0.25, 0.3) is 0 Å². The molecule has 0 saturated heterocycles. The first-order valence-corrected chi connectivity index (χ1v) is 12.7. The van der Waals surface area contributed by atoms with E-state index in [0.717, 1.165) is 24.1 Å². The van der Waals surface area contributed by atoms with E-state index in [4.69, 9.17) is 9.47 Å². The van der Waals surface area contributed by atoms with E-state index in [0.29, 0.717) is 37.4 Å². The zero-order chi connectivity index (χ0) is 26.1. The topological polar surface area (TPSA) is 80.8 Å². The van der Waals surface area contributed by atoms with Gasteiger partial charge < -0.3 is 19.7 Å². The van der Waals surface area contributed by atoms with Crippen molar-refractivity contribution in [2.75, 3.05) is 6.54 Å². The van der Waals surface area contributed by atoms with E-state index in [1.807, 2.05) is 31.7 Å². The van der Waals surface area contributed by atoms with Crippen LogP contribution in [0.2, 0.25) is 0 Å². The molecule has 2 atom stereocenters. The van der Waals surface area contributed by atoms with E-state index in [9.17, 15) is 14.0 Å². The van der Waals surface area contributed by atoms with Gasteiger partial charge in [-0.25, -0.2) is 9.18 Å². The molecular weight excluding hydrogens is 461 g/mol. The molecule has 1 fully saturated rings. The average Bonchev–Trinajstić information content (AvgIpc) is 3.23. The minimum Gasteiger partial charge on any atom is -0.456 e. The van der Waals surface area contributed by atoms with Gasteiger partial charge in [-0.1, -0.05) is 13.8 Å². The summed E-state index contributed by atoms with van der Waals surface area (Å²) < 4.78 is 24.5. The number of nitrogens with one attached hydrogen (secondary N) is 1. The lowest BCUT2D eigenvalue weighted by Crippen LogP contribution is -2.48. The number of rotatable bonds is 5. The van der Waals surface area contributed by atoms with Crippen molar-refractivity contribution in [3.05, 3.63) is 53.6 Å². The van der Waals surface area contributed by atoms with Gasteiger partial charge in [0.1, 0.15) is 22.9 Å². The molecular formula is C28H36FN3O4. The highest BCUT2D eigenvalue weighted by atomic mass is 19.1. The third kappa shape index (κ3) is 5.79. The molecule has 4 rings (SSSR count). The zero-order valence-electron chi connectivity index (χ0n) is 21.8. The third-order valence-corrected chi connectivity index (χ3v) is 7.15. The molecule has 194 valence electrons. The van der Waals surface area contributed by atoms with Gasteiger partial charge in [0.05, 0.1) is 11.6 Å². The van der Waals surface area contributed by atoms with Crippen LogP contribution in [0.25, 0.3) is 0 Å². The van der Waals surface area contributed by atoms with Crippen molar-refractivity contribution >= 4 is 12.0 Å². The molecule has 1 aromatic heterocycles. The lowest BCUT2D eigenvalue weighted by atomic mass is 9.74. The Bertz CT molecular complexity index is 1110. The highest BCUT2D eigenvalue weighted by Gasteiger charge is 2.50. The molecule has 0 bridgehead atoms. The number of hydrogen-bond donors (Lipinski definition) is 1. The third-order valence-electron chi connectivity index (χ3n) is 7.15. The van der Waals surface area contributed by atoms with Gasteiger partial charge in [-0.3, -0.25) is 9.78 Å². The summed E-state index contributed by atoms with van der Waals surface area (Å²) in [7, 11) is 0. The maximum atomic E-state index is 13.9. The highest BCUT2D eigenvalue weighted by molar-refractivity contribution is 5.84. The lowest BCUT2D eigenvalue weighted by Gasteiger charge is -2.39. The second-order valence-electron chi connectivity index (χ2n) is 11.2. The van der Waals surface area contributed by atoms with Crippen LogP contribution in [-0.2, 0) is 22.5 Å². The molecule has 2 amide bonds. The van der Waals surface area contributed by atoms with Crippen LogP contribution in [0, 0.1) is 17.2 Å². The number of nitrogens with zero attached hydrogens (tertiary/aromatic N) is 2. The van der Waals surface area contributed by atoms with Gasteiger partial charge in [-0.2, -0.15) is 0 Å². The number of benzene rings is 1. The SMILES string of the molecule is CC(C)[C@]1(C(=O)N2CCc3ncc(Oc4ccc(F)cc4)cc3C2)CCC(NC(=O)OC(C)(C)C)C1. The van der Waals surface area contributed by atoms with Crippen LogP contribution in [0.4, 0.5) is 9.18 Å². The van der Waals surface area contributed by atoms with Crippen LogP contribution < -0.4 is 10.1 Å². The monoisotopic (exact) mass is 497 g/mol. The Morgan fingerprint density at radius 1 is 1.19 bits per heavy atom. The van der Waals surface area contributed by atoms with Crippen LogP contribution in [0.3, 0.4) is 0 Å². The molecule has 1 N–H and O–H groups in total. The number of halogens is 1. The summed E-state index contributed by atoms with van der Waals surface area (Å²) in [4.78, 5) is 32.7. The van der Waals surface area contributed by atoms with Crippen molar-refractivity contribution in [2.24, 2.45) is 11.3 Å². The summed E-state index contributed by atoms with van der Waals surface area (Å²) in [5.74, 6) is 1.00. The fourth-order valence-electron chi connectivity index (χ4n) is 5.23. The van der Waals surface area contributed by atoms with Gasteiger partial charge in [-0.05, 0) is 81.8 Å². The van der Waals surface area contributed by atoms with Crippen molar-refractivity contribution in [3.63, 3.8) is 0 Å². The average molecular weight is 498 g/mol. The number of ether oxygens (including phenoxy) is 2. The molecule has 1 aliphatic carbocycles. The number of alkyl carbamates (subject to hydrolysis) is 1. The van der Waals surface area contributed by atoms with E-state index in [1.165, 1.54) is 12.1 Å². The fraction of sp³-hybridized carbons (Fsp3) is 0.536. The lowest BCUT2D eigenvalue weighted by molar-refractivity contribution is -0.145. The number of carbonyl (C=O) groups excluding carboxylic acids is 2. The maximum Gasteiger partial charge on any atom is 0.407 e. The van der Waals surface area contributed by atoms with Crippen molar-refractivity contribution in [1.29, 1.82) is 0 Å². The number of pyridine rings is 1. The van der Waals surface area contributed by atoms with Gasteiger partial charge in [0.2, 0.25) is 5.91 Å². The molecule has 1 aromatic carbocycles. The van der Waals surface area contributed by atoms with Crippen molar-refractivity contribution in [1.82, 2.24) is 15.2 Å². The van der Waals surface area contributed by atoms with Gasteiger partial charge in [-0.15, -0.1) is 0 Å². The molecule has 0 spiro atoms. The Hall–Kier alpha value is -3.16. The van der Waals surface area contributed by atoms with Crippen LogP contribution in [0.1, 0.15) is 65.1 Å². The Morgan fingerprint density at radius 3 is 2.58 bits per heavy atom. The first kappa shape index (κ1) is 25.9. The largest absolute Gasteiger partial charge is 0.456 e. The fourth-order valence-corrected chi connectivity index (χ4v) is 5.23. The molecule has 36 heavy (non-hydrogen) atoms. The van der Waals surface area contributed by atoms with Crippen LogP contribution in [-0.4, -0.2) is 40.1 Å². The molecule has 0 radical (unpaired) electrons. The number of carbonyl (C=O) groups is 2. The Balaban J connectivity index is 1.45. The highest BCUT2D eigenvalue weighted by Crippen LogP contribution is 2.46. The summed E-state index contributed by atoms with van der Waals surface area (Å²) in [6.07, 6.45) is 3.96. The first-order valence-electron chi connectivity index (χ1n) is 12.7. The Kier molecular flexibility index (Phi) is 7.25. The molecule has 1 saturated carbocycles. The van der Waals surface area contributed by atoms with Gasteiger partial charge >= 0.3 is 6.09 Å². The number of fused-ring (bicyclic) bond motifs is 1. The second kappa shape index (κ2) is 10.1. The van der Waals surface area contributed by atoms with Crippen LogP contribution >= 0.6 is 0 Å². The van der Waals surface area contributed by atoms with Crippen molar-refractivity contribution in [2.45, 2.75) is 78.5 Å². The zero-order valence-corrected chi connectivity index (χ0v) is 21.8. The Morgan fingerprint density at radius 2 is 1.92 bits per heavy atom. The standard InChI is InChI=1S/C28H36FN3O4/c1-18(2)28(12-10-21(15-28)31-26(34)36-27(3,4)5)25(33)32-13-11-24-19(17-32)14-23(16-30-24)35-22-8-6-20(29)7-9-22/h6-9,14,16,18,21H,10-13,15,17H2,1-5H3,(H,31,34)/t21?,28-/m0/s1. The minimum absolute atomic E-state index is 0.0966. The van der Waals surface area contributed by atoms with E-state index < -0.39 is 17.1 Å². The molecule has 2 heterocycles. The number of aromatic nitrogens is 1. The summed E-state index contributed by atoms with van der Waals surface area (Å²) in [5, 5.41) is 2.97. The number of amides is 2. The summed E-state index contributed by atoms with van der Waals surface area (Å²) in [6.45, 7) is 10.7. The second-order valence-corrected chi connectivity index (χ2v) is 11.2. The van der Waals surface area contributed by atoms with E-state index in [-0.39, 0.29) is 23.7 Å². The predicted octanol–water partition coefficient (Wildman–Crippen LogP) is 5.62. The first-order chi connectivity index (χ1) is 16.9. The van der Waals surface area contributed by atoms with Crippen LogP contribution in [0.15, 0.2) is 36.5 Å². The molecule has 2 aromatic rings. The van der Waals surface area contributed by atoms with Gasteiger partial charge in [0, 0.05) is 31.2 Å². The molecule has 2 aliphatic rings. The summed E-state index contributed by atoms with van der Waals surface area (Å²) >= 11 is 0. The smallest absolute Gasteiger partial charge is 0.407 e. The molecule has 8 heteroatoms. The Labute approximate surface area is 212 Å². The van der Waals surface area contributed by atoms with Gasteiger partial charge in [0.15, 0.2) is 0 Å². The van der Waals surface area contributed by atoms with Crippen molar-refractivity contribution < 1.29 is 23.5 Å². The summed E-state index contributed by atoms with van der Waals surface area (Å²) in [5.41, 5.74) is 0.809. The normalized spacial score (nSPS) is 21.8. The maximum absolute atomic E-state index is 13.9. The predicted molar refractivity (Wildman–Crippen MR) is 134 cm³/mol. The summed E-state index contributed by atoms with van der Waals surface area (Å²) in [6, 6.07) is 7.64. The van der Waals surface area contributed by atoms with E-state index >= 15 is 0 Å². The van der Waals surface area contributed by atoms with Crippen molar-refractivity contribution in [3.8, 4) is 11.5 Å². The molecule has 7 nitrogen and oxygen atoms in total.